The van der Waals surface area contributed by atoms with Gasteiger partial charge in [-0.15, -0.1) is 0 Å². The Hall–Kier alpha value is -1.94. The van der Waals surface area contributed by atoms with Crippen LogP contribution in [0.3, 0.4) is 0 Å². The van der Waals surface area contributed by atoms with Crippen molar-refractivity contribution in [1.82, 2.24) is 9.97 Å². The summed E-state index contributed by atoms with van der Waals surface area (Å²) in [5.41, 5.74) is 2.98. The highest BCUT2D eigenvalue weighted by Crippen LogP contribution is 2.30. The molecule has 1 aliphatic rings. The Morgan fingerprint density at radius 2 is 1.95 bits per heavy atom. The number of aliphatic hydroxyl groups is 1. The zero-order valence-corrected chi connectivity index (χ0v) is 10.7. The third-order valence-corrected chi connectivity index (χ3v) is 3.44. The van der Waals surface area contributed by atoms with Gasteiger partial charge in [0.15, 0.2) is 0 Å². The van der Waals surface area contributed by atoms with E-state index in [-0.39, 0.29) is 6.61 Å². The SMILES string of the molecule is OCc1ccccc1Oc1ncnc2c1CCCC2. The maximum Gasteiger partial charge on any atom is 0.225 e. The number of fused-ring (bicyclic) bond motifs is 1. The van der Waals surface area contributed by atoms with Crippen LogP contribution in [0.15, 0.2) is 30.6 Å². The first kappa shape index (κ1) is 12.1. The van der Waals surface area contributed by atoms with Gasteiger partial charge in [-0.1, -0.05) is 18.2 Å². The molecule has 1 N–H and O–H groups in total. The minimum atomic E-state index is -0.0382. The summed E-state index contributed by atoms with van der Waals surface area (Å²) in [5, 5.41) is 9.32. The topological polar surface area (TPSA) is 55.2 Å². The van der Waals surface area contributed by atoms with Gasteiger partial charge in [0.1, 0.15) is 12.1 Å². The van der Waals surface area contributed by atoms with E-state index in [4.69, 9.17) is 4.74 Å². The Morgan fingerprint density at radius 3 is 2.84 bits per heavy atom. The van der Waals surface area contributed by atoms with Crippen LogP contribution in [0.25, 0.3) is 0 Å². The second kappa shape index (κ2) is 5.36. The number of benzene rings is 1. The van der Waals surface area contributed by atoms with Crippen LogP contribution >= 0.6 is 0 Å². The summed E-state index contributed by atoms with van der Waals surface area (Å²) in [4.78, 5) is 8.57. The van der Waals surface area contributed by atoms with Crippen molar-refractivity contribution in [2.75, 3.05) is 0 Å². The lowest BCUT2D eigenvalue weighted by Gasteiger charge is -2.17. The Labute approximate surface area is 112 Å². The molecule has 98 valence electrons. The Bertz CT molecular complexity index is 584. The van der Waals surface area contributed by atoms with E-state index in [1.54, 1.807) is 6.33 Å². The number of aliphatic hydroxyl groups excluding tert-OH is 1. The summed E-state index contributed by atoms with van der Waals surface area (Å²) in [5.74, 6) is 1.29. The van der Waals surface area contributed by atoms with E-state index in [2.05, 4.69) is 9.97 Å². The maximum atomic E-state index is 9.32. The lowest BCUT2D eigenvalue weighted by molar-refractivity contribution is 0.276. The largest absolute Gasteiger partial charge is 0.438 e. The van der Waals surface area contributed by atoms with E-state index >= 15 is 0 Å². The molecule has 0 aliphatic heterocycles. The normalized spacial score (nSPS) is 13.9. The van der Waals surface area contributed by atoms with Crippen molar-refractivity contribution in [2.24, 2.45) is 0 Å². The molecule has 0 saturated carbocycles. The fourth-order valence-electron chi connectivity index (χ4n) is 2.42. The Morgan fingerprint density at radius 1 is 1.11 bits per heavy atom. The number of hydrogen-bond acceptors (Lipinski definition) is 4. The van der Waals surface area contributed by atoms with Crippen LogP contribution in [-0.2, 0) is 19.4 Å². The maximum absolute atomic E-state index is 9.32. The second-order valence-electron chi connectivity index (χ2n) is 4.68. The van der Waals surface area contributed by atoms with E-state index in [0.717, 1.165) is 36.1 Å². The van der Waals surface area contributed by atoms with E-state index in [1.807, 2.05) is 24.3 Å². The highest BCUT2D eigenvalue weighted by atomic mass is 16.5. The summed E-state index contributed by atoms with van der Waals surface area (Å²) in [6.45, 7) is -0.0382. The van der Waals surface area contributed by atoms with Crippen molar-refractivity contribution >= 4 is 0 Å². The molecule has 1 heterocycles. The predicted molar refractivity (Wildman–Crippen MR) is 71.1 cm³/mol. The molecule has 0 fully saturated rings. The zero-order chi connectivity index (χ0) is 13.1. The van der Waals surface area contributed by atoms with Gasteiger partial charge in [0.05, 0.1) is 12.3 Å². The molecule has 2 aromatic rings. The highest BCUT2D eigenvalue weighted by molar-refractivity contribution is 5.39. The van der Waals surface area contributed by atoms with Crippen LogP contribution in [0, 0.1) is 0 Å². The molecule has 1 aliphatic carbocycles. The number of nitrogens with zero attached hydrogens (tertiary/aromatic N) is 2. The number of para-hydroxylation sites is 1. The number of ether oxygens (including phenoxy) is 1. The first-order chi connectivity index (χ1) is 9.38. The first-order valence-electron chi connectivity index (χ1n) is 6.58. The molecule has 3 rings (SSSR count). The fourth-order valence-corrected chi connectivity index (χ4v) is 2.42. The molecule has 0 unspecified atom stereocenters. The molecular weight excluding hydrogens is 240 g/mol. The van der Waals surface area contributed by atoms with Gasteiger partial charge >= 0.3 is 0 Å². The van der Waals surface area contributed by atoms with E-state index < -0.39 is 0 Å². The molecular formula is C15H16N2O2. The molecule has 1 aromatic heterocycles. The lowest BCUT2D eigenvalue weighted by atomic mass is 9.97. The molecule has 0 amide bonds. The zero-order valence-electron chi connectivity index (χ0n) is 10.7. The molecule has 1 aromatic carbocycles. The first-order valence-corrected chi connectivity index (χ1v) is 6.58. The number of hydrogen-bond donors (Lipinski definition) is 1. The van der Waals surface area contributed by atoms with Crippen molar-refractivity contribution in [1.29, 1.82) is 0 Å². The van der Waals surface area contributed by atoms with Crippen molar-refractivity contribution in [3.63, 3.8) is 0 Å². The smallest absolute Gasteiger partial charge is 0.225 e. The average molecular weight is 256 g/mol. The molecule has 0 bridgehead atoms. The highest BCUT2D eigenvalue weighted by Gasteiger charge is 2.17. The van der Waals surface area contributed by atoms with Crippen molar-refractivity contribution < 1.29 is 9.84 Å². The van der Waals surface area contributed by atoms with Gasteiger partial charge in [-0.05, 0) is 31.7 Å². The average Bonchev–Trinajstić information content (AvgIpc) is 2.48. The third kappa shape index (κ3) is 2.44. The van der Waals surface area contributed by atoms with Crippen molar-refractivity contribution in [3.05, 3.63) is 47.4 Å². The van der Waals surface area contributed by atoms with Crippen LogP contribution < -0.4 is 4.74 Å². The molecule has 0 saturated heterocycles. The molecule has 0 radical (unpaired) electrons. The van der Waals surface area contributed by atoms with Crippen LogP contribution in [0.4, 0.5) is 0 Å². The van der Waals surface area contributed by atoms with Crippen LogP contribution in [0.2, 0.25) is 0 Å². The minimum Gasteiger partial charge on any atom is -0.438 e. The van der Waals surface area contributed by atoms with Gasteiger partial charge in [0, 0.05) is 11.1 Å². The molecule has 4 heteroatoms. The van der Waals surface area contributed by atoms with Crippen LogP contribution in [0.5, 0.6) is 11.6 Å². The molecule has 0 spiro atoms. The standard InChI is InChI=1S/C15H16N2O2/c18-9-11-5-1-4-8-14(11)19-15-12-6-2-3-7-13(12)16-10-17-15/h1,4-5,8,10,18H,2-3,6-7,9H2. The predicted octanol–water partition coefficient (Wildman–Crippen LogP) is 2.64. The molecule has 19 heavy (non-hydrogen) atoms. The van der Waals surface area contributed by atoms with Crippen LogP contribution in [-0.4, -0.2) is 15.1 Å². The second-order valence-corrected chi connectivity index (χ2v) is 4.68. The summed E-state index contributed by atoms with van der Waals surface area (Å²) in [7, 11) is 0. The van der Waals surface area contributed by atoms with Gasteiger partial charge < -0.3 is 9.84 Å². The van der Waals surface area contributed by atoms with E-state index in [1.165, 1.54) is 6.42 Å². The number of rotatable bonds is 3. The third-order valence-electron chi connectivity index (χ3n) is 3.44. The molecule has 0 atom stereocenters. The van der Waals surface area contributed by atoms with E-state index in [9.17, 15) is 5.11 Å². The summed E-state index contributed by atoms with van der Waals surface area (Å²) < 4.78 is 5.89. The van der Waals surface area contributed by atoms with Gasteiger partial charge in [-0.25, -0.2) is 9.97 Å². The van der Waals surface area contributed by atoms with Gasteiger partial charge in [-0.2, -0.15) is 0 Å². The lowest BCUT2D eigenvalue weighted by Crippen LogP contribution is -2.08. The van der Waals surface area contributed by atoms with Gasteiger partial charge in [0.25, 0.3) is 0 Å². The quantitative estimate of drug-likeness (QED) is 0.917. The monoisotopic (exact) mass is 256 g/mol. The number of aromatic nitrogens is 2. The van der Waals surface area contributed by atoms with Crippen molar-refractivity contribution in [3.8, 4) is 11.6 Å². The van der Waals surface area contributed by atoms with E-state index in [0.29, 0.717) is 11.6 Å². The minimum absolute atomic E-state index is 0.0382. The van der Waals surface area contributed by atoms with Gasteiger partial charge in [-0.3, -0.25) is 0 Å². The van der Waals surface area contributed by atoms with Gasteiger partial charge in [0.2, 0.25) is 5.88 Å². The molecule has 4 nitrogen and oxygen atoms in total. The van der Waals surface area contributed by atoms with Crippen LogP contribution in [0.1, 0.15) is 29.7 Å². The van der Waals surface area contributed by atoms with Crippen molar-refractivity contribution in [2.45, 2.75) is 32.3 Å². The number of aryl methyl sites for hydroxylation is 1. The fraction of sp³-hybridized carbons (Fsp3) is 0.333. The Kier molecular flexibility index (Phi) is 3.42. The summed E-state index contributed by atoms with van der Waals surface area (Å²) in [6, 6.07) is 7.47. The summed E-state index contributed by atoms with van der Waals surface area (Å²) in [6.07, 6.45) is 5.85. The Balaban J connectivity index is 1.95. The summed E-state index contributed by atoms with van der Waals surface area (Å²) >= 11 is 0.